The molecule has 2 aromatic carbocycles. The molecule has 4 rings (SSSR count). The number of thiazole rings is 1. The van der Waals surface area contributed by atoms with Crippen molar-refractivity contribution in [3.63, 3.8) is 0 Å². The highest BCUT2D eigenvalue weighted by Gasteiger charge is 2.16. The number of aryl methyl sites for hydroxylation is 1. The van der Waals surface area contributed by atoms with Crippen molar-refractivity contribution in [1.82, 2.24) is 4.98 Å². The van der Waals surface area contributed by atoms with Crippen LogP contribution in [-0.2, 0) is 16.0 Å². The highest BCUT2D eigenvalue weighted by atomic mass is 32.1. The lowest BCUT2D eigenvalue weighted by atomic mass is 9.99. The molecule has 1 aromatic heterocycles. The largest absolute Gasteiger partial charge is 0.326 e. The Bertz CT molecular complexity index is 1090. The number of fused-ring (bicyclic) bond motifs is 1. The minimum absolute atomic E-state index is 0.0326. The van der Waals surface area contributed by atoms with Gasteiger partial charge in [0.05, 0.1) is 5.69 Å². The van der Waals surface area contributed by atoms with E-state index in [9.17, 15) is 14.0 Å². The fourth-order valence-electron chi connectivity index (χ4n) is 2.94. The zero-order chi connectivity index (χ0) is 19.5. The van der Waals surface area contributed by atoms with Gasteiger partial charge in [-0.3, -0.25) is 14.9 Å². The molecule has 5 nitrogen and oxygen atoms in total. The molecule has 0 saturated carbocycles. The monoisotopic (exact) mass is 393 g/mol. The molecule has 0 saturated heterocycles. The maximum atomic E-state index is 13.2. The Morgan fingerprint density at radius 2 is 2.11 bits per heavy atom. The van der Waals surface area contributed by atoms with Gasteiger partial charge in [0.25, 0.3) is 0 Å². The summed E-state index contributed by atoms with van der Waals surface area (Å²) in [5.74, 6) is -0.653. The molecule has 0 fully saturated rings. The minimum atomic E-state index is -0.350. The number of nitrogens with zero attached hydrogens (tertiary/aromatic N) is 1. The Balaban J connectivity index is 1.44. The second kappa shape index (κ2) is 7.74. The van der Waals surface area contributed by atoms with E-state index in [0.717, 1.165) is 22.5 Å². The van der Waals surface area contributed by atoms with E-state index in [-0.39, 0.29) is 17.6 Å². The van der Waals surface area contributed by atoms with Gasteiger partial charge in [-0.15, -0.1) is 11.3 Å². The number of halogens is 1. The molecule has 1 aliphatic heterocycles. The van der Waals surface area contributed by atoms with Gasteiger partial charge in [0.2, 0.25) is 11.8 Å². The van der Waals surface area contributed by atoms with Gasteiger partial charge in [0.1, 0.15) is 5.82 Å². The van der Waals surface area contributed by atoms with Gasteiger partial charge in [-0.25, -0.2) is 9.37 Å². The van der Waals surface area contributed by atoms with Crippen molar-refractivity contribution in [2.24, 2.45) is 0 Å². The first kappa shape index (κ1) is 18.1. The van der Waals surface area contributed by atoms with Crippen molar-refractivity contribution in [2.45, 2.75) is 12.8 Å². The van der Waals surface area contributed by atoms with Gasteiger partial charge >= 0.3 is 0 Å². The summed E-state index contributed by atoms with van der Waals surface area (Å²) in [7, 11) is 0. The molecule has 2 N–H and O–H groups in total. The average Bonchev–Trinajstić information content (AvgIpc) is 3.14. The number of nitrogens with one attached hydrogen (secondary N) is 2. The van der Waals surface area contributed by atoms with Crippen molar-refractivity contribution >= 4 is 40.0 Å². The van der Waals surface area contributed by atoms with Crippen LogP contribution < -0.4 is 10.6 Å². The summed E-state index contributed by atoms with van der Waals surface area (Å²) in [4.78, 5) is 28.0. The number of hydrogen-bond acceptors (Lipinski definition) is 4. The second-order valence-corrected chi connectivity index (χ2v) is 7.19. The van der Waals surface area contributed by atoms with Gasteiger partial charge in [0.15, 0.2) is 5.13 Å². The molecule has 7 heteroatoms. The predicted octanol–water partition coefficient (Wildman–Crippen LogP) is 4.49. The van der Waals surface area contributed by atoms with Gasteiger partial charge < -0.3 is 5.32 Å². The highest BCUT2D eigenvalue weighted by molar-refractivity contribution is 7.14. The van der Waals surface area contributed by atoms with E-state index in [0.29, 0.717) is 23.5 Å². The van der Waals surface area contributed by atoms with Crippen LogP contribution in [0.4, 0.5) is 15.2 Å². The molecule has 0 unspecified atom stereocenters. The molecule has 140 valence electrons. The Morgan fingerprint density at radius 1 is 1.21 bits per heavy atom. The molecule has 0 aliphatic carbocycles. The van der Waals surface area contributed by atoms with E-state index in [4.69, 9.17) is 0 Å². The van der Waals surface area contributed by atoms with Crippen molar-refractivity contribution < 1.29 is 14.0 Å². The summed E-state index contributed by atoms with van der Waals surface area (Å²) in [6.45, 7) is 0. The SMILES string of the molecule is O=C(/C=C/c1cccc(F)c1)Nc1nc(-c2ccc3c(c2)CCC(=O)N3)cs1. The average molecular weight is 393 g/mol. The summed E-state index contributed by atoms with van der Waals surface area (Å²) in [5.41, 5.74) is 4.21. The number of amides is 2. The molecule has 3 aromatic rings. The Hall–Kier alpha value is -3.32. The summed E-state index contributed by atoms with van der Waals surface area (Å²) >= 11 is 1.33. The Labute approximate surface area is 164 Å². The van der Waals surface area contributed by atoms with Gasteiger partial charge in [-0.05, 0) is 47.9 Å². The highest BCUT2D eigenvalue weighted by Crippen LogP contribution is 2.30. The van der Waals surface area contributed by atoms with Crippen LogP contribution in [0.25, 0.3) is 17.3 Å². The van der Waals surface area contributed by atoms with Crippen LogP contribution >= 0.6 is 11.3 Å². The standard InChI is InChI=1S/C21H16FN3O2S/c22-16-3-1-2-13(10-16)4-8-20(27)25-21-24-18(12-28-21)15-5-7-17-14(11-15)6-9-19(26)23-17/h1-5,7-8,10-12H,6,9H2,(H,23,26)(H,24,25,27)/b8-4+. The third-order valence-corrected chi connectivity index (χ3v) is 5.06. The fourth-order valence-corrected chi connectivity index (χ4v) is 3.66. The van der Waals surface area contributed by atoms with Gasteiger partial charge in [-0.1, -0.05) is 18.2 Å². The van der Waals surface area contributed by atoms with Crippen LogP contribution in [0.15, 0.2) is 53.9 Å². The van der Waals surface area contributed by atoms with E-state index in [2.05, 4.69) is 15.6 Å². The topological polar surface area (TPSA) is 71.1 Å². The van der Waals surface area contributed by atoms with E-state index in [1.54, 1.807) is 18.2 Å². The predicted molar refractivity (Wildman–Crippen MR) is 109 cm³/mol. The second-order valence-electron chi connectivity index (χ2n) is 6.34. The van der Waals surface area contributed by atoms with Crippen molar-refractivity contribution in [3.05, 3.63) is 70.9 Å². The molecule has 28 heavy (non-hydrogen) atoms. The first-order valence-electron chi connectivity index (χ1n) is 8.70. The molecular formula is C21H16FN3O2S. The van der Waals surface area contributed by atoms with Crippen molar-refractivity contribution in [2.75, 3.05) is 10.6 Å². The molecule has 2 amide bonds. The first-order chi connectivity index (χ1) is 13.6. The third kappa shape index (κ3) is 4.15. The lowest BCUT2D eigenvalue weighted by Crippen LogP contribution is -2.18. The quantitative estimate of drug-likeness (QED) is 0.642. The number of benzene rings is 2. The molecule has 0 atom stereocenters. The van der Waals surface area contributed by atoms with Crippen LogP contribution in [0.2, 0.25) is 0 Å². The Morgan fingerprint density at radius 3 is 2.96 bits per heavy atom. The number of carbonyl (C=O) groups excluding carboxylic acids is 2. The zero-order valence-electron chi connectivity index (χ0n) is 14.7. The van der Waals surface area contributed by atoms with Crippen molar-refractivity contribution in [1.29, 1.82) is 0 Å². The normalized spacial score (nSPS) is 13.2. The van der Waals surface area contributed by atoms with E-state index in [1.165, 1.54) is 29.5 Å². The number of anilines is 2. The zero-order valence-corrected chi connectivity index (χ0v) is 15.6. The smallest absolute Gasteiger partial charge is 0.250 e. The fraction of sp³-hybridized carbons (Fsp3) is 0.0952. The molecule has 1 aliphatic rings. The first-order valence-corrected chi connectivity index (χ1v) is 9.58. The van der Waals surface area contributed by atoms with Crippen LogP contribution in [-0.4, -0.2) is 16.8 Å². The van der Waals surface area contributed by atoms with Crippen LogP contribution in [0, 0.1) is 5.82 Å². The molecule has 0 bridgehead atoms. The van der Waals surface area contributed by atoms with Gasteiger partial charge in [0, 0.05) is 29.1 Å². The molecule has 2 heterocycles. The van der Waals surface area contributed by atoms with E-state index < -0.39 is 0 Å². The molecule has 0 radical (unpaired) electrons. The molecule has 0 spiro atoms. The van der Waals surface area contributed by atoms with E-state index in [1.807, 2.05) is 23.6 Å². The summed E-state index contributed by atoms with van der Waals surface area (Å²) in [5, 5.41) is 7.92. The molecular weight excluding hydrogens is 377 g/mol. The maximum Gasteiger partial charge on any atom is 0.250 e. The van der Waals surface area contributed by atoms with Crippen LogP contribution in [0.1, 0.15) is 17.5 Å². The third-order valence-electron chi connectivity index (χ3n) is 4.31. The van der Waals surface area contributed by atoms with Crippen LogP contribution in [0.5, 0.6) is 0 Å². The number of aromatic nitrogens is 1. The minimum Gasteiger partial charge on any atom is -0.326 e. The summed E-state index contributed by atoms with van der Waals surface area (Å²) in [6, 6.07) is 11.8. The number of hydrogen-bond donors (Lipinski definition) is 2. The number of rotatable bonds is 4. The summed E-state index contributed by atoms with van der Waals surface area (Å²) < 4.78 is 13.2. The Kier molecular flexibility index (Phi) is 4.99. The van der Waals surface area contributed by atoms with Gasteiger partial charge in [-0.2, -0.15) is 0 Å². The van der Waals surface area contributed by atoms with E-state index >= 15 is 0 Å². The van der Waals surface area contributed by atoms with Crippen molar-refractivity contribution in [3.8, 4) is 11.3 Å². The van der Waals surface area contributed by atoms with Crippen LogP contribution in [0.3, 0.4) is 0 Å². The maximum absolute atomic E-state index is 13.2. The lowest BCUT2D eigenvalue weighted by Gasteiger charge is -2.17. The lowest BCUT2D eigenvalue weighted by molar-refractivity contribution is -0.116. The number of carbonyl (C=O) groups is 2. The summed E-state index contributed by atoms with van der Waals surface area (Å²) in [6.07, 6.45) is 4.07.